The molecule has 1 atom stereocenters. The summed E-state index contributed by atoms with van der Waals surface area (Å²) in [5.74, 6) is -0.379. The van der Waals surface area contributed by atoms with Crippen LogP contribution in [0.5, 0.6) is 17.2 Å². The van der Waals surface area contributed by atoms with Gasteiger partial charge in [-0.1, -0.05) is 49.4 Å². The van der Waals surface area contributed by atoms with Gasteiger partial charge in [0.25, 0.3) is 10.0 Å². The van der Waals surface area contributed by atoms with Crippen LogP contribution < -0.4 is 23.8 Å². The molecule has 0 fully saturated rings. The lowest BCUT2D eigenvalue weighted by atomic mass is 10.0. The number of amides is 2. The Labute approximate surface area is 280 Å². The van der Waals surface area contributed by atoms with E-state index in [0.29, 0.717) is 36.6 Å². The molecule has 1 aliphatic heterocycles. The van der Waals surface area contributed by atoms with Crippen molar-refractivity contribution < 1.29 is 36.6 Å². The fraction of sp³-hybridized carbons (Fsp3) is 0.278. The molecule has 10 nitrogen and oxygen atoms in total. The molecule has 1 aliphatic rings. The maximum Gasteiger partial charge on any atom is 0.264 e. The first-order chi connectivity index (χ1) is 23.2. The number of carbonyl (C=O) groups excluding carboxylic acids is 2. The highest BCUT2D eigenvalue weighted by Gasteiger charge is 2.35. The molecule has 0 aromatic heterocycles. The Hall–Kier alpha value is -5.10. The lowest BCUT2D eigenvalue weighted by Gasteiger charge is -2.34. The monoisotopic (exact) mass is 675 g/mol. The highest BCUT2D eigenvalue weighted by Crippen LogP contribution is 2.34. The van der Waals surface area contributed by atoms with Crippen LogP contribution in [0.4, 0.5) is 10.1 Å². The van der Waals surface area contributed by atoms with Crippen LogP contribution in [-0.4, -0.2) is 64.6 Å². The zero-order valence-electron chi connectivity index (χ0n) is 26.8. The Morgan fingerprint density at radius 3 is 2.31 bits per heavy atom. The van der Waals surface area contributed by atoms with Crippen LogP contribution in [0.3, 0.4) is 0 Å². The molecule has 1 heterocycles. The van der Waals surface area contributed by atoms with Crippen LogP contribution in [0.1, 0.15) is 24.5 Å². The summed E-state index contributed by atoms with van der Waals surface area (Å²) in [6.07, 6.45) is 0.858. The summed E-state index contributed by atoms with van der Waals surface area (Å²) in [4.78, 5) is 29.6. The van der Waals surface area contributed by atoms with Crippen molar-refractivity contribution >= 4 is 27.5 Å². The third-order valence-electron chi connectivity index (χ3n) is 7.80. The molecule has 0 saturated carbocycles. The number of hydrogen-bond acceptors (Lipinski definition) is 7. The van der Waals surface area contributed by atoms with E-state index in [4.69, 9.17) is 14.2 Å². The number of halogens is 1. The SMILES string of the molecule is CCCNC(=O)[C@@H](Cc1ccccc1)N(Cc1cccc(OC)c1)C(=O)CN(c1ccc(F)cc1)S(=O)(=O)c1ccc2c(c1)OCCO2. The van der Waals surface area contributed by atoms with Crippen molar-refractivity contribution in [3.63, 3.8) is 0 Å². The highest BCUT2D eigenvalue weighted by molar-refractivity contribution is 7.92. The quantitative estimate of drug-likeness (QED) is 0.201. The molecule has 0 radical (unpaired) electrons. The first kappa shape index (κ1) is 34.2. The van der Waals surface area contributed by atoms with Crippen molar-refractivity contribution in [1.82, 2.24) is 10.2 Å². The topological polar surface area (TPSA) is 114 Å². The second-order valence-electron chi connectivity index (χ2n) is 11.2. The number of benzene rings is 4. The minimum atomic E-state index is -4.42. The fourth-order valence-corrected chi connectivity index (χ4v) is 6.77. The standard InChI is InChI=1S/C36H38FN3O7S/c1-3-18-38-36(42)32(22-26-8-5-4-6-9-26)39(24-27-10-7-11-30(21-27)45-2)35(41)25-40(29-14-12-28(37)13-15-29)48(43,44)31-16-17-33-34(23-31)47-20-19-46-33/h4-17,21,23,32H,3,18-20,22,24-25H2,1-2H3,(H,38,42)/t32-/m1/s1. The molecule has 1 N–H and O–H groups in total. The third kappa shape index (κ3) is 8.24. The Morgan fingerprint density at radius 2 is 1.60 bits per heavy atom. The maximum absolute atomic E-state index is 14.6. The van der Waals surface area contributed by atoms with Crippen molar-refractivity contribution in [3.8, 4) is 17.2 Å². The molecule has 0 aliphatic carbocycles. The van der Waals surface area contributed by atoms with Gasteiger partial charge in [0, 0.05) is 25.6 Å². The fourth-order valence-electron chi connectivity index (χ4n) is 5.33. The van der Waals surface area contributed by atoms with Crippen LogP contribution in [0, 0.1) is 5.82 Å². The molecule has 4 aromatic carbocycles. The summed E-state index contributed by atoms with van der Waals surface area (Å²) in [6, 6.07) is 24.4. The average Bonchev–Trinajstić information content (AvgIpc) is 3.11. The molecule has 252 valence electrons. The lowest BCUT2D eigenvalue weighted by Crippen LogP contribution is -2.53. The predicted octanol–water partition coefficient (Wildman–Crippen LogP) is 4.97. The van der Waals surface area contributed by atoms with E-state index < -0.39 is 34.3 Å². The van der Waals surface area contributed by atoms with Gasteiger partial charge in [0.15, 0.2) is 11.5 Å². The zero-order chi connectivity index (χ0) is 34.1. The lowest BCUT2D eigenvalue weighted by molar-refractivity contribution is -0.140. The number of anilines is 1. The van der Waals surface area contributed by atoms with Gasteiger partial charge in [-0.25, -0.2) is 12.8 Å². The normalized spacial score (nSPS) is 12.9. The van der Waals surface area contributed by atoms with E-state index in [0.717, 1.165) is 22.0 Å². The Balaban J connectivity index is 1.57. The number of hydrogen-bond donors (Lipinski definition) is 1. The smallest absolute Gasteiger partial charge is 0.264 e. The largest absolute Gasteiger partial charge is 0.497 e. The van der Waals surface area contributed by atoms with Gasteiger partial charge in [0.2, 0.25) is 11.8 Å². The Kier molecular flexibility index (Phi) is 11.2. The maximum atomic E-state index is 14.6. The van der Waals surface area contributed by atoms with E-state index in [9.17, 15) is 22.4 Å². The van der Waals surface area contributed by atoms with Gasteiger partial charge in [-0.05, 0) is 66.1 Å². The first-order valence-corrected chi connectivity index (χ1v) is 17.1. The van der Waals surface area contributed by atoms with Gasteiger partial charge in [-0.2, -0.15) is 0 Å². The van der Waals surface area contributed by atoms with Gasteiger partial charge in [0.1, 0.15) is 37.4 Å². The second-order valence-corrected chi connectivity index (χ2v) is 13.0. The van der Waals surface area contributed by atoms with Crippen LogP contribution in [-0.2, 0) is 32.6 Å². The summed E-state index contributed by atoms with van der Waals surface area (Å²) in [6.45, 7) is 2.20. The van der Waals surface area contributed by atoms with E-state index in [1.54, 1.807) is 24.3 Å². The van der Waals surface area contributed by atoms with Crippen molar-refractivity contribution in [1.29, 1.82) is 0 Å². The second kappa shape index (κ2) is 15.7. The molecule has 0 spiro atoms. The number of ether oxygens (including phenoxy) is 3. The summed E-state index contributed by atoms with van der Waals surface area (Å²) in [5.41, 5.74) is 1.56. The molecule has 0 unspecified atom stereocenters. The number of sulfonamides is 1. The number of rotatable bonds is 14. The van der Waals surface area contributed by atoms with Gasteiger partial charge < -0.3 is 24.4 Å². The molecule has 5 rings (SSSR count). The van der Waals surface area contributed by atoms with E-state index >= 15 is 0 Å². The summed E-state index contributed by atoms with van der Waals surface area (Å²) < 4.78 is 60.1. The average molecular weight is 676 g/mol. The van der Waals surface area contributed by atoms with Gasteiger partial charge >= 0.3 is 0 Å². The number of carbonyl (C=O) groups is 2. The Bertz CT molecular complexity index is 1820. The van der Waals surface area contributed by atoms with Crippen LogP contribution >= 0.6 is 0 Å². The highest BCUT2D eigenvalue weighted by atomic mass is 32.2. The van der Waals surface area contributed by atoms with Crippen LogP contribution in [0.25, 0.3) is 0 Å². The molecule has 0 saturated heterocycles. The third-order valence-corrected chi connectivity index (χ3v) is 9.57. The summed E-state index contributed by atoms with van der Waals surface area (Å²) in [7, 11) is -2.89. The summed E-state index contributed by atoms with van der Waals surface area (Å²) >= 11 is 0. The minimum absolute atomic E-state index is 0.0194. The number of fused-ring (bicyclic) bond motifs is 1. The Morgan fingerprint density at radius 1 is 0.896 bits per heavy atom. The van der Waals surface area contributed by atoms with Crippen molar-refractivity contribution in [3.05, 3.63) is 114 Å². The number of nitrogens with one attached hydrogen (secondary N) is 1. The van der Waals surface area contributed by atoms with Crippen molar-refractivity contribution in [2.75, 3.05) is 37.7 Å². The van der Waals surface area contributed by atoms with E-state index in [2.05, 4.69) is 5.32 Å². The number of methoxy groups -OCH3 is 1. The van der Waals surface area contributed by atoms with Crippen LogP contribution in [0.15, 0.2) is 102 Å². The van der Waals surface area contributed by atoms with E-state index in [1.807, 2.05) is 37.3 Å². The molecular formula is C36H38FN3O7S. The molecule has 12 heteroatoms. The van der Waals surface area contributed by atoms with Gasteiger partial charge in [-0.3, -0.25) is 13.9 Å². The predicted molar refractivity (Wildman–Crippen MR) is 179 cm³/mol. The van der Waals surface area contributed by atoms with E-state index in [1.165, 1.54) is 42.3 Å². The van der Waals surface area contributed by atoms with Gasteiger partial charge in [-0.15, -0.1) is 0 Å². The molecule has 0 bridgehead atoms. The van der Waals surface area contributed by atoms with Crippen LogP contribution in [0.2, 0.25) is 0 Å². The minimum Gasteiger partial charge on any atom is -0.497 e. The molecule has 2 amide bonds. The number of nitrogens with zero attached hydrogens (tertiary/aromatic N) is 2. The van der Waals surface area contributed by atoms with Gasteiger partial charge in [0.05, 0.1) is 17.7 Å². The molecular weight excluding hydrogens is 637 g/mol. The van der Waals surface area contributed by atoms with E-state index in [-0.39, 0.29) is 41.8 Å². The summed E-state index contributed by atoms with van der Waals surface area (Å²) in [5, 5.41) is 2.92. The van der Waals surface area contributed by atoms with Crippen molar-refractivity contribution in [2.24, 2.45) is 0 Å². The van der Waals surface area contributed by atoms with Crippen molar-refractivity contribution in [2.45, 2.75) is 37.2 Å². The molecule has 4 aromatic rings. The first-order valence-electron chi connectivity index (χ1n) is 15.6. The molecule has 48 heavy (non-hydrogen) atoms. The zero-order valence-corrected chi connectivity index (χ0v) is 27.6.